The van der Waals surface area contributed by atoms with E-state index in [0.717, 1.165) is 40.4 Å². The maximum absolute atomic E-state index is 12.5. The SMILES string of the molecule is C=C(C)C(=O)OCCOC(=O)/C(C#N)=C/c1ccc(N(C)CCOc2ccc(C3(c4ccc(OCCN(C)c5ccc(/C=C(\C#N)C(=O)OCCOC(=O)C(=C)C)cc5)cc4)CC(c4ccccc4)c4ccccc43)cc2)cc1. The Morgan fingerprint density at radius 3 is 1.33 bits per heavy atom. The molecule has 1 aliphatic rings. The third kappa shape index (κ3) is 14.8. The molecule has 1 aliphatic carbocycles. The zero-order chi connectivity index (χ0) is 56.3. The first-order valence-corrected chi connectivity index (χ1v) is 25.7. The van der Waals surface area contributed by atoms with Gasteiger partial charge in [-0.15, -0.1) is 0 Å². The second-order valence-electron chi connectivity index (χ2n) is 18.9. The molecule has 0 N–H and O–H groups in total. The van der Waals surface area contributed by atoms with Crippen molar-refractivity contribution in [3.8, 4) is 23.6 Å². The van der Waals surface area contributed by atoms with Gasteiger partial charge in [0.2, 0.25) is 0 Å². The highest BCUT2D eigenvalue weighted by Crippen LogP contribution is 2.56. The maximum Gasteiger partial charge on any atom is 0.349 e. The van der Waals surface area contributed by atoms with Gasteiger partial charge < -0.3 is 38.2 Å². The summed E-state index contributed by atoms with van der Waals surface area (Å²) in [4.78, 5) is 52.2. The van der Waals surface area contributed by atoms with Gasteiger partial charge in [-0.3, -0.25) is 0 Å². The van der Waals surface area contributed by atoms with Crippen LogP contribution in [0.1, 0.15) is 65.1 Å². The van der Waals surface area contributed by atoms with E-state index in [0.29, 0.717) is 37.4 Å². The molecule has 1 atom stereocenters. The smallest absolute Gasteiger partial charge is 0.349 e. The van der Waals surface area contributed by atoms with E-state index in [-0.39, 0.29) is 54.6 Å². The molecule has 6 aromatic carbocycles. The molecule has 14 heteroatoms. The number of esters is 4. The molecule has 0 aliphatic heterocycles. The molecule has 0 saturated heterocycles. The summed E-state index contributed by atoms with van der Waals surface area (Å²) in [6, 6.07) is 54.9. The van der Waals surface area contributed by atoms with E-state index in [1.165, 1.54) is 42.7 Å². The van der Waals surface area contributed by atoms with E-state index in [2.05, 4.69) is 95.8 Å². The molecular formula is C65H62N4O10. The molecular weight excluding hydrogens is 997 g/mol. The van der Waals surface area contributed by atoms with Crippen molar-refractivity contribution in [2.24, 2.45) is 0 Å². The second-order valence-corrected chi connectivity index (χ2v) is 18.9. The van der Waals surface area contributed by atoms with Crippen LogP contribution in [0.5, 0.6) is 11.5 Å². The van der Waals surface area contributed by atoms with Gasteiger partial charge in [0.15, 0.2) is 0 Å². The minimum absolute atomic E-state index is 0.144. The number of nitrogens with zero attached hydrogens (tertiary/aromatic N) is 4. The number of nitriles is 2. The van der Waals surface area contributed by atoms with Crippen molar-refractivity contribution in [3.05, 3.63) is 226 Å². The number of likely N-dealkylation sites (N-methyl/N-ethyl adjacent to an activating group) is 2. The molecule has 0 radical (unpaired) electrons. The second kappa shape index (κ2) is 27.4. The van der Waals surface area contributed by atoms with Crippen LogP contribution in [0, 0.1) is 22.7 Å². The Morgan fingerprint density at radius 2 is 0.924 bits per heavy atom. The predicted molar refractivity (Wildman–Crippen MR) is 303 cm³/mol. The van der Waals surface area contributed by atoms with Crippen LogP contribution in [-0.2, 0) is 43.5 Å². The van der Waals surface area contributed by atoms with Crippen LogP contribution in [0.25, 0.3) is 12.2 Å². The van der Waals surface area contributed by atoms with Crippen molar-refractivity contribution in [1.82, 2.24) is 0 Å². The van der Waals surface area contributed by atoms with Crippen molar-refractivity contribution in [3.63, 3.8) is 0 Å². The number of rotatable bonds is 25. The van der Waals surface area contributed by atoms with Gasteiger partial charge in [0.25, 0.3) is 0 Å². The number of anilines is 2. The van der Waals surface area contributed by atoms with E-state index in [9.17, 15) is 29.7 Å². The molecule has 0 aromatic heterocycles. The number of carbonyl (C=O) groups excluding carboxylic acids is 4. The Bertz CT molecular complexity index is 3110. The van der Waals surface area contributed by atoms with Crippen molar-refractivity contribution < 1.29 is 47.6 Å². The van der Waals surface area contributed by atoms with Crippen molar-refractivity contribution in [1.29, 1.82) is 10.5 Å². The van der Waals surface area contributed by atoms with Gasteiger partial charge in [0.1, 0.15) is 74.4 Å². The van der Waals surface area contributed by atoms with Crippen LogP contribution >= 0.6 is 0 Å². The first-order chi connectivity index (χ1) is 38.2. The minimum atomic E-state index is -0.812. The van der Waals surface area contributed by atoms with Crippen molar-refractivity contribution >= 4 is 47.4 Å². The van der Waals surface area contributed by atoms with E-state index in [4.69, 9.17) is 28.4 Å². The molecule has 0 amide bonds. The van der Waals surface area contributed by atoms with Crippen molar-refractivity contribution in [2.45, 2.75) is 31.6 Å². The summed E-state index contributed by atoms with van der Waals surface area (Å²) >= 11 is 0. The summed E-state index contributed by atoms with van der Waals surface area (Å²) in [6.07, 6.45) is 3.72. The van der Waals surface area contributed by atoms with Gasteiger partial charge in [-0.25, -0.2) is 19.2 Å². The first-order valence-electron chi connectivity index (χ1n) is 25.7. The molecule has 1 unspecified atom stereocenters. The fraction of sp³-hybridized carbons (Fsp3) is 0.231. The summed E-state index contributed by atoms with van der Waals surface area (Å²) in [5.41, 5.74) is 8.85. The van der Waals surface area contributed by atoms with Crippen LogP contribution in [0.15, 0.2) is 187 Å². The quantitative estimate of drug-likeness (QED) is 0.0174. The molecule has 0 heterocycles. The summed E-state index contributed by atoms with van der Waals surface area (Å²) in [7, 11) is 3.93. The largest absolute Gasteiger partial charge is 0.492 e. The molecule has 0 bridgehead atoms. The summed E-state index contributed by atoms with van der Waals surface area (Å²) in [6.45, 7) is 11.4. The van der Waals surface area contributed by atoms with Gasteiger partial charge in [-0.2, -0.15) is 10.5 Å². The fourth-order valence-electron chi connectivity index (χ4n) is 9.14. The van der Waals surface area contributed by atoms with E-state index < -0.39 is 29.3 Å². The summed E-state index contributed by atoms with van der Waals surface area (Å²) in [5.74, 6) is -1.14. The summed E-state index contributed by atoms with van der Waals surface area (Å²) < 4.78 is 32.7. The lowest BCUT2D eigenvalue weighted by Gasteiger charge is -2.33. The third-order valence-electron chi connectivity index (χ3n) is 13.4. The Balaban J connectivity index is 0.974. The summed E-state index contributed by atoms with van der Waals surface area (Å²) in [5, 5.41) is 19.2. The molecule has 0 saturated carbocycles. The van der Waals surface area contributed by atoms with E-state index in [1.54, 1.807) is 0 Å². The Morgan fingerprint density at radius 1 is 0.532 bits per heavy atom. The number of carbonyl (C=O) groups is 4. The molecule has 0 fully saturated rings. The van der Waals surface area contributed by atoms with Crippen LogP contribution in [-0.4, -0.2) is 90.7 Å². The first kappa shape index (κ1) is 57.1. The Kier molecular flexibility index (Phi) is 19.8. The van der Waals surface area contributed by atoms with Gasteiger partial charge in [-0.1, -0.05) is 116 Å². The lowest BCUT2D eigenvalue weighted by atomic mass is 9.69. The van der Waals surface area contributed by atoms with E-state index >= 15 is 0 Å². The van der Waals surface area contributed by atoms with Gasteiger partial charge >= 0.3 is 23.9 Å². The number of ether oxygens (including phenoxy) is 6. The standard InChI is InChI=1S/C65H62N4O10/c1-45(2)61(70)76-36-38-78-63(72)50(43-66)40-47-16-24-54(25-17-47)68(5)32-34-74-56-28-20-52(21-29-56)65(42-59(49-12-8-7-9-13-49)58-14-10-11-15-60(58)65)53-22-30-57(31-23-53)75-35-33-69(6)55-26-18-48(19-27-55)41-51(44-67)64(73)79-39-37-77-62(71)46(3)4/h7-31,40-41,59H,1,3,32-39,42H2,2,4-6H3/b50-40+,51-41+. The fourth-order valence-corrected chi connectivity index (χ4v) is 9.14. The Labute approximate surface area is 461 Å². The lowest BCUT2D eigenvalue weighted by Crippen LogP contribution is -2.27. The molecule has 6 aromatic rings. The van der Waals surface area contributed by atoms with Gasteiger partial charge in [0, 0.05) is 47.9 Å². The minimum Gasteiger partial charge on any atom is -0.492 e. The normalized spacial score (nSPS) is 14.5. The van der Waals surface area contributed by atoms with Crippen LogP contribution in [0.2, 0.25) is 0 Å². The molecule has 402 valence electrons. The van der Waals surface area contributed by atoms with Crippen LogP contribution in [0.4, 0.5) is 11.4 Å². The molecule has 0 spiro atoms. The highest BCUT2D eigenvalue weighted by molar-refractivity contribution is 5.98. The maximum atomic E-state index is 12.5. The van der Waals surface area contributed by atoms with Gasteiger partial charge in [0.05, 0.1) is 13.1 Å². The molecule has 7 rings (SSSR count). The highest BCUT2D eigenvalue weighted by Gasteiger charge is 2.46. The number of benzene rings is 6. The molecule has 14 nitrogen and oxygen atoms in total. The third-order valence-corrected chi connectivity index (χ3v) is 13.4. The highest BCUT2D eigenvalue weighted by atomic mass is 16.6. The lowest BCUT2D eigenvalue weighted by molar-refractivity contribution is -0.147. The van der Waals surface area contributed by atoms with E-state index in [1.807, 2.05) is 105 Å². The number of hydrogen-bond acceptors (Lipinski definition) is 14. The average Bonchev–Trinajstić information content (AvgIpc) is 3.88. The van der Waals surface area contributed by atoms with Crippen LogP contribution in [0.3, 0.4) is 0 Å². The zero-order valence-corrected chi connectivity index (χ0v) is 44.8. The van der Waals surface area contributed by atoms with Crippen molar-refractivity contribution in [2.75, 3.05) is 76.6 Å². The van der Waals surface area contributed by atoms with Crippen LogP contribution < -0.4 is 19.3 Å². The predicted octanol–water partition coefficient (Wildman–Crippen LogP) is 10.7. The monoisotopic (exact) mass is 1060 g/mol. The zero-order valence-electron chi connectivity index (χ0n) is 44.8. The topological polar surface area (TPSA) is 178 Å². The Hall–Kier alpha value is -9.66. The van der Waals surface area contributed by atoms with Gasteiger partial charge in [-0.05, 0) is 120 Å². The number of hydrogen-bond donors (Lipinski definition) is 0. The molecule has 79 heavy (non-hydrogen) atoms. The number of fused-ring (bicyclic) bond motifs is 1. The average molecular weight is 1060 g/mol.